The summed E-state index contributed by atoms with van der Waals surface area (Å²) in [5, 5.41) is 11.4. The van der Waals surface area contributed by atoms with Crippen molar-refractivity contribution < 1.29 is 28.2 Å². The minimum atomic E-state index is -1.05. The van der Waals surface area contributed by atoms with Crippen molar-refractivity contribution in [3.05, 3.63) is 105 Å². The fourth-order valence-electron chi connectivity index (χ4n) is 4.12. The summed E-state index contributed by atoms with van der Waals surface area (Å²) in [5.74, 6) is -2.45. The summed E-state index contributed by atoms with van der Waals surface area (Å²) in [7, 11) is 1.49. The van der Waals surface area contributed by atoms with Gasteiger partial charge in [0.1, 0.15) is 17.1 Å². The fraction of sp³-hybridized carbons (Fsp3) is 0.0769. The number of ketones is 1. The number of methoxy groups -OCH3 is 1. The first kappa shape index (κ1) is 23.1. The Hall–Kier alpha value is -3.62. The number of carbonyl (C=O) groups excluding carboxylic acids is 2. The number of benzene rings is 3. The Balaban J connectivity index is 1.68. The number of aliphatic hydroxyl groups is 1. The first-order chi connectivity index (χ1) is 16.8. The van der Waals surface area contributed by atoms with Crippen molar-refractivity contribution in [3.63, 3.8) is 0 Å². The summed E-state index contributed by atoms with van der Waals surface area (Å²) in [4.78, 5) is 28.1. The number of anilines is 1. The fourth-order valence-corrected chi connectivity index (χ4v) is 4.68. The molecule has 0 radical (unpaired) electrons. The molecule has 0 saturated carbocycles. The number of halogens is 3. The van der Waals surface area contributed by atoms with Crippen LogP contribution in [0.3, 0.4) is 0 Å². The third kappa shape index (κ3) is 3.98. The molecule has 1 aliphatic heterocycles. The largest absolute Gasteiger partial charge is 0.503 e. The number of amides is 1. The minimum Gasteiger partial charge on any atom is -0.503 e. The molecule has 35 heavy (non-hydrogen) atoms. The van der Waals surface area contributed by atoms with Crippen LogP contribution < -0.4 is 9.64 Å². The monoisotopic (exact) mass is 555 g/mol. The lowest BCUT2D eigenvalue weighted by Gasteiger charge is -2.27. The van der Waals surface area contributed by atoms with Crippen molar-refractivity contribution in [1.82, 2.24) is 0 Å². The van der Waals surface area contributed by atoms with E-state index >= 15 is 0 Å². The molecule has 6 nitrogen and oxygen atoms in total. The van der Waals surface area contributed by atoms with Crippen LogP contribution in [-0.2, 0) is 4.79 Å². The maximum absolute atomic E-state index is 13.9. The summed E-state index contributed by atoms with van der Waals surface area (Å²) >= 11 is 9.36. The van der Waals surface area contributed by atoms with Gasteiger partial charge in [0.15, 0.2) is 11.5 Å². The number of Topliss-reactive ketones (excluding diaryl/α,β-unsaturated/α-hetero) is 1. The van der Waals surface area contributed by atoms with Crippen LogP contribution in [0.2, 0.25) is 5.02 Å². The van der Waals surface area contributed by atoms with Crippen molar-refractivity contribution >= 4 is 55.9 Å². The Kier molecular flexibility index (Phi) is 5.86. The van der Waals surface area contributed by atoms with Gasteiger partial charge in [0.2, 0.25) is 5.78 Å². The second kappa shape index (κ2) is 8.87. The topological polar surface area (TPSA) is 80.0 Å². The van der Waals surface area contributed by atoms with Gasteiger partial charge in [-0.05, 0) is 60.2 Å². The molecule has 0 aliphatic carbocycles. The highest BCUT2D eigenvalue weighted by molar-refractivity contribution is 9.10. The van der Waals surface area contributed by atoms with E-state index in [1.165, 1.54) is 24.1 Å². The normalized spacial score (nSPS) is 15.8. The van der Waals surface area contributed by atoms with Crippen molar-refractivity contribution in [1.29, 1.82) is 0 Å². The molecule has 1 amide bonds. The lowest BCUT2D eigenvalue weighted by atomic mass is 9.94. The van der Waals surface area contributed by atoms with Gasteiger partial charge >= 0.3 is 0 Å². The number of hydrogen-bond acceptors (Lipinski definition) is 5. The zero-order valence-electron chi connectivity index (χ0n) is 18.1. The number of nitrogens with zero attached hydrogens (tertiary/aromatic N) is 1. The minimum absolute atomic E-state index is 0.0423. The summed E-state index contributed by atoms with van der Waals surface area (Å²) < 4.78 is 25.7. The van der Waals surface area contributed by atoms with Crippen molar-refractivity contribution in [2.75, 3.05) is 12.0 Å². The van der Waals surface area contributed by atoms with Gasteiger partial charge in [0.05, 0.1) is 23.7 Å². The van der Waals surface area contributed by atoms with Gasteiger partial charge in [-0.3, -0.25) is 14.5 Å². The molecular formula is C26H16BrClFNO5. The molecule has 9 heteroatoms. The van der Waals surface area contributed by atoms with Crippen LogP contribution in [0.1, 0.15) is 22.2 Å². The summed E-state index contributed by atoms with van der Waals surface area (Å²) in [6.45, 7) is 0. The van der Waals surface area contributed by atoms with Crippen LogP contribution in [0.25, 0.3) is 11.0 Å². The van der Waals surface area contributed by atoms with Crippen LogP contribution in [0.15, 0.2) is 87.0 Å². The first-order valence-electron chi connectivity index (χ1n) is 10.4. The molecule has 3 aromatic carbocycles. The number of ether oxygens (including phenoxy) is 1. The van der Waals surface area contributed by atoms with Crippen LogP contribution >= 0.6 is 27.5 Å². The van der Waals surface area contributed by atoms with Gasteiger partial charge in [-0.2, -0.15) is 0 Å². The van der Waals surface area contributed by atoms with Crippen molar-refractivity contribution in [2.45, 2.75) is 6.04 Å². The van der Waals surface area contributed by atoms with E-state index in [2.05, 4.69) is 15.9 Å². The van der Waals surface area contributed by atoms with E-state index in [1.54, 1.807) is 48.5 Å². The summed E-state index contributed by atoms with van der Waals surface area (Å²) in [5.41, 5.74) is 0.990. The van der Waals surface area contributed by atoms with E-state index in [0.717, 1.165) is 10.5 Å². The van der Waals surface area contributed by atoms with Gasteiger partial charge in [-0.25, -0.2) is 4.39 Å². The predicted octanol–water partition coefficient (Wildman–Crippen LogP) is 6.78. The van der Waals surface area contributed by atoms with E-state index in [4.69, 9.17) is 20.8 Å². The number of hydrogen-bond donors (Lipinski definition) is 1. The van der Waals surface area contributed by atoms with Crippen LogP contribution in [0.5, 0.6) is 5.75 Å². The maximum atomic E-state index is 13.9. The molecule has 5 rings (SSSR count). The number of furan rings is 1. The highest BCUT2D eigenvalue weighted by Gasteiger charge is 2.45. The standard InChI is InChI=1S/C26H16BrClFNO5/c1-34-17-4-2-3-13(10-17)23-22(24(31)21-11-14-9-15(27)5-8-20(14)35-21)25(32)26(33)30(23)16-6-7-19(29)18(28)12-16/h2-12,23,32H,1H3. The zero-order valence-corrected chi connectivity index (χ0v) is 20.4. The predicted molar refractivity (Wildman–Crippen MR) is 133 cm³/mol. The quantitative estimate of drug-likeness (QED) is 0.274. The molecule has 2 heterocycles. The Morgan fingerprint density at radius 3 is 2.69 bits per heavy atom. The maximum Gasteiger partial charge on any atom is 0.294 e. The Labute approximate surface area is 212 Å². The number of fused-ring (bicyclic) bond motifs is 1. The van der Waals surface area contributed by atoms with E-state index in [0.29, 0.717) is 22.3 Å². The van der Waals surface area contributed by atoms with E-state index in [-0.39, 0.29) is 22.0 Å². The van der Waals surface area contributed by atoms with E-state index in [1.807, 2.05) is 0 Å². The average molecular weight is 557 g/mol. The average Bonchev–Trinajstić information content (AvgIpc) is 3.39. The lowest BCUT2D eigenvalue weighted by Crippen LogP contribution is -2.31. The van der Waals surface area contributed by atoms with Gasteiger partial charge in [0.25, 0.3) is 5.91 Å². The molecule has 176 valence electrons. The molecule has 0 fully saturated rings. The van der Waals surface area contributed by atoms with Gasteiger partial charge in [-0.1, -0.05) is 39.7 Å². The smallest absolute Gasteiger partial charge is 0.294 e. The third-order valence-corrected chi connectivity index (χ3v) is 6.53. The molecule has 4 aromatic rings. The van der Waals surface area contributed by atoms with Crippen LogP contribution in [-0.4, -0.2) is 23.9 Å². The first-order valence-corrected chi connectivity index (χ1v) is 11.5. The highest BCUT2D eigenvalue weighted by Crippen LogP contribution is 2.43. The molecular weight excluding hydrogens is 541 g/mol. The second-order valence-electron chi connectivity index (χ2n) is 7.84. The van der Waals surface area contributed by atoms with E-state index in [9.17, 15) is 19.1 Å². The Morgan fingerprint density at radius 2 is 1.94 bits per heavy atom. The molecule has 1 atom stereocenters. The molecule has 0 spiro atoms. The zero-order chi connectivity index (χ0) is 24.9. The molecule has 1 aliphatic rings. The van der Waals surface area contributed by atoms with Crippen molar-refractivity contribution in [2.24, 2.45) is 0 Å². The lowest BCUT2D eigenvalue weighted by molar-refractivity contribution is -0.117. The molecule has 0 bridgehead atoms. The van der Waals surface area contributed by atoms with Crippen molar-refractivity contribution in [3.8, 4) is 5.75 Å². The molecule has 1 aromatic heterocycles. The number of carbonyl (C=O) groups is 2. The van der Waals surface area contributed by atoms with Gasteiger partial charge in [-0.15, -0.1) is 0 Å². The number of rotatable bonds is 5. The van der Waals surface area contributed by atoms with Gasteiger partial charge < -0.3 is 14.3 Å². The Bertz CT molecular complexity index is 1550. The molecule has 1 unspecified atom stereocenters. The summed E-state index contributed by atoms with van der Waals surface area (Å²) in [6, 6.07) is 16.2. The third-order valence-electron chi connectivity index (χ3n) is 5.75. The van der Waals surface area contributed by atoms with Crippen LogP contribution in [0, 0.1) is 5.82 Å². The Morgan fingerprint density at radius 1 is 1.14 bits per heavy atom. The van der Waals surface area contributed by atoms with Crippen LogP contribution in [0.4, 0.5) is 10.1 Å². The summed E-state index contributed by atoms with van der Waals surface area (Å²) in [6.07, 6.45) is 0. The van der Waals surface area contributed by atoms with E-state index < -0.39 is 29.3 Å². The SMILES string of the molecule is COc1cccc(C2C(C(=O)c3cc4cc(Br)ccc4o3)=C(O)C(=O)N2c2ccc(F)c(Cl)c2)c1. The second-order valence-corrected chi connectivity index (χ2v) is 9.16. The van der Waals surface area contributed by atoms with Gasteiger partial charge in [0, 0.05) is 15.5 Å². The highest BCUT2D eigenvalue weighted by atomic mass is 79.9. The molecule has 0 saturated heterocycles. The molecule has 1 N–H and O–H groups in total. The number of aliphatic hydroxyl groups excluding tert-OH is 1.